The van der Waals surface area contributed by atoms with Gasteiger partial charge < -0.3 is 0 Å². The van der Waals surface area contributed by atoms with Crippen LogP contribution in [0.3, 0.4) is 0 Å². The Kier molecular flexibility index (Phi) is 3.56. The van der Waals surface area contributed by atoms with Crippen molar-refractivity contribution < 1.29 is 0 Å². The maximum absolute atomic E-state index is 11.1. The zero-order chi connectivity index (χ0) is 8.97. The predicted molar refractivity (Wildman–Crippen MR) is 48.8 cm³/mol. The zero-order valence-electron chi connectivity index (χ0n) is 6.33. The number of aryl methyl sites for hydroxylation is 1. The Hall–Kier alpha value is -0.540. The van der Waals surface area contributed by atoms with Gasteiger partial charge in [-0.1, -0.05) is 11.6 Å². The van der Waals surface area contributed by atoms with Crippen molar-refractivity contribution in [2.24, 2.45) is 0 Å². The Bertz CT molecular complexity index is 311. The van der Waals surface area contributed by atoms with Gasteiger partial charge in [0.05, 0.1) is 0 Å². The lowest BCUT2D eigenvalue weighted by Crippen LogP contribution is -2.21. The van der Waals surface area contributed by atoms with Crippen LogP contribution in [0.1, 0.15) is 6.42 Å². The van der Waals surface area contributed by atoms with Crippen molar-refractivity contribution in [3.05, 3.63) is 27.6 Å². The van der Waals surface area contributed by atoms with E-state index in [9.17, 15) is 4.79 Å². The summed E-state index contributed by atoms with van der Waals surface area (Å²) in [6.07, 6.45) is 0.717. The highest BCUT2D eigenvalue weighted by molar-refractivity contribution is 6.29. The number of rotatable bonds is 3. The van der Waals surface area contributed by atoms with Crippen LogP contribution in [0.2, 0.25) is 5.15 Å². The lowest BCUT2D eigenvalue weighted by molar-refractivity contribution is 0.570. The second kappa shape index (κ2) is 4.48. The molecule has 0 N–H and O–H groups in total. The highest BCUT2D eigenvalue weighted by atomic mass is 35.5. The summed E-state index contributed by atoms with van der Waals surface area (Å²) in [6, 6.07) is 2.87. The van der Waals surface area contributed by atoms with E-state index in [1.165, 1.54) is 16.8 Å². The third kappa shape index (κ3) is 2.50. The molecule has 0 radical (unpaired) electrons. The van der Waals surface area contributed by atoms with Gasteiger partial charge in [-0.25, -0.2) is 4.68 Å². The molecule has 1 heterocycles. The Morgan fingerprint density at radius 2 is 2.25 bits per heavy atom. The van der Waals surface area contributed by atoms with E-state index in [1.807, 2.05) is 0 Å². The first-order valence-corrected chi connectivity index (χ1v) is 4.45. The number of alkyl halides is 1. The molecule has 66 valence electrons. The maximum Gasteiger partial charge on any atom is 0.266 e. The summed E-state index contributed by atoms with van der Waals surface area (Å²) in [5.41, 5.74) is -0.149. The largest absolute Gasteiger partial charge is 0.268 e. The van der Waals surface area contributed by atoms with Crippen molar-refractivity contribution in [1.29, 1.82) is 0 Å². The molecule has 1 aromatic heterocycles. The molecule has 1 rings (SSSR count). The molecule has 0 aromatic carbocycles. The normalized spacial score (nSPS) is 10.2. The molecular formula is C7H8Cl2N2O. The molecule has 0 saturated carbocycles. The average Bonchev–Trinajstić information content (AvgIpc) is 2.07. The molecule has 0 saturated heterocycles. The van der Waals surface area contributed by atoms with Crippen molar-refractivity contribution in [2.75, 3.05) is 5.88 Å². The number of aromatic nitrogens is 2. The van der Waals surface area contributed by atoms with Crippen molar-refractivity contribution in [2.45, 2.75) is 13.0 Å². The minimum atomic E-state index is -0.149. The SMILES string of the molecule is O=c1ccc(Cl)nn1CCCCl. The molecule has 5 heteroatoms. The number of hydrogen-bond acceptors (Lipinski definition) is 2. The first-order chi connectivity index (χ1) is 5.74. The molecule has 0 unspecified atom stereocenters. The zero-order valence-corrected chi connectivity index (χ0v) is 7.85. The van der Waals surface area contributed by atoms with Gasteiger partial charge in [-0.3, -0.25) is 4.79 Å². The standard InChI is InChI=1S/C7H8Cl2N2O/c8-4-1-5-11-7(12)3-2-6(9)10-11/h2-3H,1,4-5H2. The Balaban J connectivity index is 2.83. The maximum atomic E-state index is 11.1. The van der Waals surface area contributed by atoms with E-state index in [4.69, 9.17) is 23.2 Å². The van der Waals surface area contributed by atoms with Crippen molar-refractivity contribution in [3.63, 3.8) is 0 Å². The van der Waals surface area contributed by atoms with E-state index in [-0.39, 0.29) is 5.56 Å². The molecule has 0 bridgehead atoms. The van der Waals surface area contributed by atoms with Crippen LogP contribution in [0.4, 0.5) is 0 Å². The fourth-order valence-electron chi connectivity index (χ4n) is 0.794. The van der Waals surface area contributed by atoms with Crippen LogP contribution in [0, 0.1) is 0 Å². The molecule has 0 fully saturated rings. The first kappa shape index (κ1) is 9.55. The summed E-state index contributed by atoms with van der Waals surface area (Å²) < 4.78 is 1.31. The van der Waals surface area contributed by atoms with E-state index in [0.717, 1.165) is 6.42 Å². The van der Waals surface area contributed by atoms with Crippen molar-refractivity contribution >= 4 is 23.2 Å². The minimum absolute atomic E-state index is 0.149. The van der Waals surface area contributed by atoms with Crippen LogP contribution in [0.15, 0.2) is 16.9 Å². The molecular weight excluding hydrogens is 199 g/mol. The van der Waals surface area contributed by atoms with Gasteiger partial charge in [0.2, 0.25) is 0 Å². The van der Waals surface area contributed by atoms with Gasteiger partial charge in [0.25, 0.3) is 5.56 Å². The van der Waals surface area contributed by atoms with E-state index in [0.29, 0.717) is 17.6 Å². The molecule has 0 atom stereocenters. The van der Waals surface area contributed by atoms with Crippen LogP contribution in [0.25, 0.3) is 0 Å². The molecule has 0 spiro atoms. The quantitative estimate of drug-likeness (QED) is 0.704. The molecule has 0 aliphatic carbocycles. The second-order valence-corrected chi connectivity index (χ2v) is 3.03. The van der Waals surface area contributed by atoms with Crippen molar-refractivity contribution in [1.82, 2.24) is 9.78 Å². The fraction of sp³-hybridized carbons (Fsp3) is 0.429. The van der Waals surface area contributed by atoms with Crippen LogP contribution in [0.5, 0.6) is 0 Å². The van der Waals surface area contributed by atoms with Gasteiger partial charge in [-0.05, 0) is 12.5 Å². The Morgan fingerprint density at radius 3 is 2.92 bits per heavy atom. The number of halogens is 2. The van der Waals surface area contributed by atoms with Gasteiger partial charge in [0.15, 0.2) is 0 Å². The highest BCUT2D eigenvalue weighted by Gasteiger charge is 1.96. The van der Waals surface area contributed by atoms with Crippen LogP contribution >= 0.6 is 23.2 Å². The summed E-state index contributed by atoms with van der Waals surface area (Å²) in [5, 5.41) is 4.14. The minimum Gasteiger partial charge on any atom is -0.268 e. The smallest absolute Gasteiger partial charge is 0.266 e. The topological polar surface area (TPSA) is 34.9 Å². The van der Waals surface area contributed by atoms with Crippen LogP contribution < -0.4 is 5.56 Å². The van der Waals surface area contributed by atoms with Gasteiger partial charge in [0.1, 0.15) is 5.15 Å². The predicted octanol–water partition coefficient (Wildman–Crippen LogP) is 1.53. The van der Waals surface area contributed by atoms with E-state index < -0.39 is 0 Å². The summed E-state index contributed by atoms with van der Waals surface area (Å²) >= 11 is 11.1. The highest BCUT2D eigenvalue weighted by Crippen LogP contribution is 1.98. The van der Waals surface area contributed by atoms with Crippen LogP contribution in [-0.2, 0) is 6.54 Å². The molecule has 0 aliphatic rings. The number of hydrogen-bond donors (Lipinski definition) is 0. The van der Waals surface area contributed by atoms with Crippen molar-refractivity contribution in [3.8, 4) is 0 Å². The molecule has 0 amide bonds. The van der Waals surface area contributed by atoms with Gasteiger partial charge in [-0.2, -0.15) is 5.10 Å². The van der Waals surface area contributed by atoms with Gasteiger partial charge in [0, 0.05) is 18.5 Å². The lowest BCUT2D eigenvalue weighted by Gasteiger charge is -2.01. The average molecular weight is 207 g/mol. The Morgan fingerprint density at radius 1 is 1.50 bits per heavy atom. The molecule has 3 nitrogen and oxygen atoms in total. The summed E-state index contributed by atoms with van der Waals surface area (Å²) in [7, 11) is 0. The fourth-order valence-corrected chi connectivity index (χ4v) is 1.07. The Labute approximate surface area is 79.9 Å². The summed E-state index contributed by atoms with van der Waals surface area (Å²) in [6.45, 7) is 0.517. The van der Waals surface area contributed by atoms with E-state index in [1.54, 1.807) is 0 Å². The summed E-state index contributed by atoms with van der Waals surface area (Å²) in [5.74, 6) is 0.515. The van der Waals surface area contributed by atoms with E-state index in [2.05, 4.69) is 5.10 Å². The van der Waals surface area contributed by atoms with Crippen LogP contribution in [-0.4, -0.2) is 15.7 Å². The lowest BCUT2D eigenvalue weighted by atomic mass is 10.5. The van der Waals surface area contributed by atoms with Gasteiger partial charge in [-0.15, -0.1) is 11.6 Å². The summed E-state index contributed by atoms with van der Waals surface area (Å²) in [4.78, 5) is 11.1. The molecule has 12 heavy (non-hydrogen) atoms. The second-order valence-electron chi connectivity index (χ2n) is 2.26. The monoisotopic (exact) mass is 206 g/mol. The van der Waals surface area contributed by atoms with E-state index >= 15 is 0 Å². The third-order valence-electron chi connectivity index (χ3n) is 1.34. The molecule has 1 aromatic rings. The molecule has 0 aliphatic heterocycles. The third-order valence-corrected chi connectivity index (χ3v) is 1.81. The number of nitrogens with zero attached hydrogens (tertiary/aromatic N) is 2. The van der Waals surface area contributed by atoms with Gasteiger partial charge >= 0.3 is 0 Å². The first-order valence-electron chi connectivity index (χ1n) is 3.53.